The molecule has 0 spiro atoms. The van der Waals surface area contributed by atoms with Gasteiger partial charge in [-0.3, -0.25) is 9.59 Å². The molecular formula is C19H29N3O3S. The van der Waals surface area contributed by atoms with Gasteiger partial charge in [-0.1, -0.05) is 18.2 Å². The Kier molecular flexibility index (Phi) is 7.78. The van der Waals surface area contributed by atoms with Crippen LogP contribution in [-0.4, -0.2) is 71.9 Å². The Morgan fingerprint density at radius 2 is 1.73 bits per heavy atom. The van der Waals surface area contributed by atoms with Crippen LogP contribution in [0.15, 0.2) is 24.3 Å². The van der Waals surface area contributed by atoms with Crippen LogP contribution in [-0.2, 0) is 9.59 Å². The number of piperazine rings is 1. The number of thioether (sulfide) groups is 1. The standard InChI is InChI=1S/C19H29N3O3S/c1-14-6-4-5-7-17(14)25-15(2)18(23)21-9-11-22(12-10-21)19(24)16(20)8-13-26-3/h4-7,15-16H,8-13,20H2,1-3H3/t15?,16-/m0/s1. The van der Waals surface area contributed by atoms with Crippen molar-refractivity contribution in [2.75, 3.05) is 38.2 Å². The van der Waals surface area contributed by atoms with E-state index < -0.39 is 12.1 Å². The second kappa shape index (κ2) is 9.83. The second-order valence-electron chi connectivity index (χ2n) is 6.56. The molecule has 6 nitrogen and oxygen atoms in total. The van der Waals surface area contributed by atoms with Gasteiger partial charge in [0.15, 0.2) is 6.10 Å². The largest absolute Gasteiger partial charge is 0.481 e. The van der Waals surface area contributed by atoms with E-state index in [0.29, 0.717) is 32.6 Å². The van der Waals surface area contributed by atoms with E-state index in [2.05, 4.69) is 0 Å². The average Bonchev–Trinajstić information content (AvgIpc) is 2.66. The molecule has 2 N–H and O–H groups in total. The Balaban J connectivity index is 1.84. The Bertz CT molecular complexity index is 618. The molecule has 1 aromatic carbocycles. The number of benzene rings is 1. The number of hydrogen-bond donors (Lipinski definition) is 1. The normalized spacial score (nSPS) is 16.9. The Morgan fingerprint density at radius 3 is 2.31 bits per heavy atom. The number of nitrogens with two attached hydrogens (primary N) is 1. The molecule has 0 radical (unpaired) electrons. The summed E-state index contributed by atoms with van der Waals surface area (Å²) < 4.78 is 5.82. The lowest BCUT2D eigenvalue weighted by molar-refractivity contribution is -0.144. The van der Waals surface area contributed by atoms with Gasteiger partial charge in [0, 0.05) is 26.2 Å². The molecule has 1 heterocycles. The van der Waals surface area contributed by atoms with Gasteiger partial charge in [-0.25, -0.2) is 0 Å². The molecule has 1 aromatic rings. The number of carbonyl (C=O) groups excluding carboxylic acids is 2. The minimum Gasteiger partial charge on any atom is -0.481 e. The molecule has 1 saturated heterocycles. The molecule has 26 heavy (non-hydrogen) atoms. The fraction of sp³-hybridized carbons (Fsp3) is 0.579. The number of rotatable bonds is 7. The molecule has 0 aromatic heterocycles. The molecular weight excluding hydrogens is 350 g/mol. The molecule has 2 amide bonds. The zero-order valence-electron chi connectivity index (χ0n) is 15.8. The first-order valence-electron chi connectivity index (χ1n) is 8.98. The molecule has 1 fully saturated rings. The van der Waals surface area contributed by atoms with Crippen LogP contribution in [0.1, 0.15) is 18.9 Å². The fourth-order valence-electron chi connectivity index (χ4n) is 2.94. The molecule has 0 aliphatic carbocycles. The lowest BCUT2D eigenvalue weighted by Gasteiger charge is -2.36. The van der Waals surface area contributed by atoms with Gasteiger partial charge >= 0.3 is 0 Å². The highest BCUT2D eigenvalue weighted by Crippen LogP contribution is 2.19. The van der Waals surface area contributed by atoms with E-state index in [0.717, 1.165) is 17.1 Å². The van der Waals surface area contributed by atoms with Crippen LogP contribution in [0.2, 0.25) is 0 Å². The maximum atomic E-state index is 12.6. The van der Waals surface area contributed by atoms with Gasteiger partial charge in [0.1, 0.15) is 5.75 Å². The highest BCUT2D eigenvalue weighted by molar-refractivity contribution is 7.98. The van der Waals surface area contributed by atoms with Gasteiger partial charge in [0.25, 0.3) is 5.91 Å². The third kappa shape index (κ3) is 5.38. The molecule has 2 rings (SSSR count). The van der Waals surface area contributed by atoms with Crippen molar-refractivity contribution in [2.45, 2.75) is 32.4 Å². The summed E-state index contributed by atoms with van der Waals surface area (Å²) in [4.78, 5) is 28.5. The summed E-state index contributed by atoms with van der Waals surface area (Å²) in [7, 11) is 0. The van der Waals surface area contributed by atoms with Crippen molar-refractivity contribution < 1.29 is 14.3 Å². The fourth-order valence-corrected chi connectivity index (χ4v) is 3.43. The van der Waals surface area contributed by atoms with E-state index in [1.54, 1.807) is 28.5 Å². The maximum absolute atomic E-state index is 12.6. The van der Waals surface area contributed by atoms with Gasteiger partial charge in [-0.15, -0.1) is 0 Å². The van der Waals surface area contributed by atoms with Crippen molar-refractivity contribution >= 4 is 23.6 Å². The number of nitrogens with zero attached hydrogens (tertiary/aromatic N) is 2. The zero-order chi connectivity index (χ0) is 19.1. The quantitative estimate of drug-likeness (QED) is 0.777. The topological polar surface area (TPSA) is 75.9 Å². The highest BCUT2D eigenvalue weighted by Gasteiger charge is 2.29. The van der Waals surface area contributed by atoms with Crippen LogP contribution < -0.4 is 10.5 Å². The SMILES string of the molecule is CSCC[C@H](N)C(=O)N1CCN(C(=O)C(C)Oc2ccccc2C)CC1. The summed E-state index contributed by atoms with van der Waals surface area (Å²) >= 11 is 1.69. The van der Waals surface area contributed by atoms with Gasteiger partial charge < -0.3 is 20.3 Å². The number of hydrogen-bond acceptors (Lipinski definition) is 5. The predicted molar refractivity (Wildman–Crippen MR) is 105 cm³/mol. The van der Waals surface area contributed by atoms with Crippen molar-refractivity contribution in [3.8, 4) is 5.75 Å². The lowest BCUT2D eigenvalue weighted by atomic mass is 10.2. The molecule has 2 atom stereocenters. The molecule has 1 aliphatic rings. The summed E-state index contributed by atoms with van der Waals surface area (Å²) in [5, 5.41) is 0. The van der Waals surface area contributed by atoms with Gasteiger partial charge in [-0.05, 0) is 43.9 Å². The third-order valence-electron chi connectivity index (χ3n) is 4.60. The van der Waals surface area contributed by atoms with Gasteiger partial charge in [-0.2, -0.15) is 11.8 Å². The van der Waals surface area contributed by atoms with Crippen molar-refractivity contribution in [3.05, 3.63) is 29.8 Å². The number of amides is 2. The van der Waals surface area contributed by atoms with E-state index in [1.165, 1.54) is 0 Å². The second-order valence-corrected chi connectivity index (χ2v) is 7.55. The lowest BCUT2D eigenvalue weighted by Crippen LogP contribution is -2.56. The minimum atomic E-state index is -0.554. The molecule has 144 valence electrons. The smallest absolute Gasteiger partial charge is 0.263 e. The van der Waals surface area contributed by atoms with Crippen LogP contribution in [0, 0.1) is 6.92 Å². The molecule has 0 saturated carbocycles. The average molecular weight is 380 g/mol. The highest BCUT2D eigenvalue weighted by atomic mass is 32.2. The first-order chi connectivity index (χ1) is 12.4. The van der Waals surface area contributed by atoms with Gasteiger partial charge in [0.2, 0.25) is 5.91 Å². The first-order valence-corrected chi connectivity index (χ1v) is 10.4. The third-order valence-corrected chi connectivity index (χ3v) is 5.24. The number of para-hydroxylation sites is 1. The summed E-state index contributed by atoms with van der Waals surface area (Å²) in [6.07, 6.45) is 2.13. The van der Waals surface area contributed by atoms with Crippen molar-refractivity contribution in [1.29, 1.82) is 0 Å². The van der Waals surface area contributed by atoms with Crippen molar-refractivity contribution in [1.82, 2.24) is 9.80 Å². The Labute approximate surface area is 160 Å². The van der Waals surface area contributed by atoms with Crippen LogP contribution in [0.4, 0.5) is 0 Å². The number of ether oxygens (including phenoxy) is 1. The summed E-state index contributed by atoms with van der Waals surface area (Å²) in [5.41, 5.74) is 6.97. The van der Waals surface area contributed by atoms with Crippen molar-refractivity contribution in [3.63, 3.8) is 0 Å². The van der Waals surface area contributed by atoms with Crippen LogP contribution in [0.3, 0.4) is 0 Å². The minimum absolute atomic E-state index is 0.0182. The first kappa shape index (κ1) is 20.6. The molecule has 1 aliphatic heterocycles. The van der Waals surface area contributed by atoms with Crippen LogP contribution >= 0.6 is 11.8 Å². The van der Waals surface area contributed by atoms with Crippen LogP contribution in [0.25, 0.3) is 0 Å². The van der Waals surface area contributed by atoms with E-state index in [9.17, 15) is 9.59 Å². The summed E-state index contributed by atoms with van der Waals surface area (Å²) in [6, 6.07) is 7.20. The predicted octanol–water partition coefficient (Wildman–Crippen LogP) is 1.51. The zero-order valence-corrected chi connectivity index (χ0v) is 16.6. The van der Waals surface area contributed by atoms with E-state index in [1.807, 2.05) is 37.4 Å². The monoisotopic (exact) mass is 379 g/mol. The molecule has 0 bridgehead atoms. The van der Waals surface area contributed by atoms with Crippen LogP contribution in [0.5, 0.6) is 5.75 Å². The molecule has 7 heteroatoms. The van der Waals surface area contributed by atoms with E-state index in [-0.39, 0.29) is 11.8 Å². The number of aryl methyl sites for hydroxylation is 1. The van der Waals surface area contributed by atoms with E-state index in [4.69, 9.17) is 10.5 Å². The molecule has 1 unspecified atom stereocenters. The van der Waals surface area contributed by atoms with Gasteiger partial charge in [0.05, 0.1) is 6.04 Å². The maximum Gasteiger partial charge on any atom is 0.263 e. The summed E-state index contributed by atoms with van der Waals surface area (Å²) in [6.45, 7) is 5.80. The number of carbonyl (C=O) groups is 2. The van der Waals surface area contributed by atoms with Crippen molar-refractivity contribution in [2.24, 2.45) is 5.73 Å². The summed E-state index contributed by atoms with van der Waals surface area (Å²) in [5.74, 6) is 1.53. The van der Waals surface area contributed by atoms with E-state index >= 15 is 0 Å². The Morgan fingerprint density at radius 1 is 1.15 bits per heavy atom. The Hall–Kier alpha value is -1.73.